The summed E-state index contributed by atoms with van der Waals surface area (Å²) in [7, 11) is 0. The summed E-state index contributed by atoms with van der Waals surface area (Å²) in [5.41, 5.74) is 3.89. The maximum Gasteiger partial charge on any atom is 0.112 e. The highest BCUT2D eigenvalue weighted by molar-refractivity contribution is 5.17. The van der Waals surface area contributed by atoms with Crippen molar-refractivity contribution in [3.8, 4) is 0 Å². The van der Waals surface area contributed by atoms with E-state index in [0.29, 0.717) is 6.04 Å². The van der Waals surface area contributed by atoms with Crippen LogP contribution in [0.3, 0.4) is 0 Å². The van der Waals surface area contributed by atoms with Crippen molar-refractivity contribution in [2.24, 2.45) is 0 Å². The second-order valence-corrected chi connectivity index (χ2v) is 7.53. The molecule has 2 fully saturated rings. The molecule has 130 valence electrons. The van der Waals surface area contributed by atoms with Gasteiger partial charge in [0.15, 0.2) is 0 Å². The van der Waals surface area contributed by atoms with Gasteiger partial charge in [0.25, 0.3) is 0 Å². The summed E-state index contributed by atoms with van der Waals surface area (Å²) in [6.45, 7) is 10.8. The monoisotopic (exact) mass is 327 g/mol. The first-order chi connectivity index (χ1) is 11.7. The van der Waals surface area contributed by atoms with Gasteiger partial charge in [-0.15, -0.1) is 0 Å². The van der Waals surface area contributed by atoms with E-state index in [1.807, 2.05) is 0 Å². The van der Waals surface area contributed by atoms with E-state index in [1.165, 1.54) is 55.0 Å². The van der Waals surface area contributed by atoms with Crippen molar-refractivity contribution in [2.75, 3.05) is 13.1 Å². The molecular formula is C19H29N5. The molecule has 1 atom stereocenters. The summed E-state index contributed by atoms with van der Waals surface area (Å²) in [4.78, 5) is 7.33. The minimum atomic E-state index is 0.582. The number of piperidine rings is 1. The standard InChI is InChI=1S/C19H29N5/c1-4-23-12-17(15(3)21-23)11-22-9-5-6-18(13-22)24-14(2)10-20-19(24)16-7-8-16/h10,12,16,18H,4-9,11,13H2,1-3H3. The van der Waals surface area contributed by atoms with Gasteiger partial charge in [0.2, 0.25) is 0 Å². The van der Waals surface area contributed by atoms with E-state index in [0.717, 1.165) is 25.6 Å². The lowest BCUT2D eigenvalue weighted by Gasteiger charge is -2.34. The average molecular weight is 327 g/mol. The summed E-state index contributed by atoms with van der Waals surface area (Å²) in [6.07, 6.45) is 9.48. The number of aromatic nitrogens is 4. The summed E-state index contributed by atoms with van der Waals surface area (Å²) < 4.78 is 4.60. The molecule has 2 aromatic heterocycles. The molecular weight excluding hydrogens is 298 g/mol. The van der Waals surface area contributed by atoms with Gasteiger partial charge in [0.05, 0.1) is 5.69 Å². The van der Waals surface area contributed by atoms with Crippen LogP contribution < -0.4 is 0 Å². The molecule has 0 aromatic carbocycles. The number of nitrogens with zero attached hydrogens (tertiary/aromatic N) is 5. The highest BCUT2D eigenvalue weighted by Crippen LogP contribution is 2.41. The van der Waals surface area contributed by atoms with E-state index in [9.17, 15) is 0 Å². The first kappa shape index (κ1) is 15.9. The van der Waals surface area contributed by atoms with E-state index in [1.54, 1.807) is 0 Å². The van der Waals surface area contributed by atoms with Crippen molar-refractivity contribution in [3.05, 3.63) is 35.2 Å². The Kier molecular flexibility index (Phi) is 4.21. The van der Waals surface area contributed by atoms with E-state index in [-0.39, 0.29) is 0 Å². The molecule has 0 radical (unpaired) electrons. The van der Waals surface area contributed by atoms with Crippen LogP contribution in [-0.4, -0.2) is 37.3 Å². The van der Waals surface area contributed by atoms with Crippen LogP contribution in [0.1, 0.15) is 67.3 Å². The Morgan fingerprint density at radius 3 is 2.75 bits per heavy atom. The smallest absolute Gasteiger partial charge is 0.112 e. The Labute approximate surface area is 144 Å². The number of rotatable bonds is 5. The zero-order valence-electron chi connectivity index (χ0n) is 15.2. The van der Waals surface area contributed by atoms with Crippen LogP contribution in [0.25, 0.3) is 0 Å². The van der Waals surface area contributed by atoms with Gasteiger partial charge < -0.3 is 4.57 Å². The predicted molar refractivity (Wildman–Crippen MR) is 95.1 cm³/mol. The molecule has 0 spiro atoms. The van der Waals surface area contributed by atoms with Crippen LogP contribution >= 0.6 is 0 Å². The lowest BCUT2D eigenvalue weighted by Crippen LogP contribution is -2.37. The Morgan fingerprint density at radius 2 is 2.04 bits per heavy atom. The van der Waals surface area contributed by atoms with Crippen LogP contribution in [0.2, 0.25) is 0 Å². The van der Waals surface area contributed by atoms with Crippen molar-refractivity contribution < 1.29 is 0 Å². The molecule has 2 aliphatic rings. The van der Waals surface area contributed by atoms with Crippen molar-refractivity contribution in [1.82, 2.24) is 24.2 Å². The number of imidazole rings is 1. The number of hydrogen-bond donors (Lipinski definition) is 0. The Bertz CT molecular complexity index is 709. The predicted octanol–water partition coefficient (Wildman–Crippen LogP) is 3.43. The van der Waals surface area contributed by atoms with Crippen molar-refractivity contribution >= 4 is 0 Å². The van der Waals surface area contributed by atoms with Gasteiger partial charge in [0.1, 0.15) is 5.82 Å². The van der Waals surface area contributed by atoms with Gasteiger partial charge >= 0.3 is 0 Å². The maximum atomic E-state index is 4.72. The minimum Gasteiger partial charge on any atom is -0.328 e. The second kappa shape index (κ2) is 6.36. The van der Waals surface area contributed by atoms with Crippen LogP contribution in [0.5, 0.6) is 0 Å². The largest absolute Gasteiger partial charge is 0.328 e. The molecule has 3 heterocycles. The van der Waals surface area contributed by atoms with Crippen LogP contribution in [0.15, 0.2) is 12.4 Å². The lowest BCUT2D eigenvalue weighted by molar-refractivity contribution is 0.167. The molecule has 24 heavy (non-hydrogen) atoms. The molecule has 1 aliphatic carbocycles. The molecule has 0 N–H and O–H groups in total. The Balaban J connectivity index is 1.49. The molecule has 2 aromatic rings. The minimum absolute atomic E-state index is 0.582. The fraction of sp³-hybridized carbons (Fsp3) is 0.684. The highest BCUT2D eigenvalue weighted by atomic mass is 15.3. The summed E-state index contributed by atoms with van der Waals surface area (Å²) in [5.74, 6) is 2.06. The fourth-order valence-corrected chi connectivity index (χ4v) is 4.09. The van der Waals surface area contributed by atoms with Crippen molar-refractivity contribution in [1.29, 1.82) is 0 Å². The van der Waals surface area contributed by atoms with Gasteiger partial charge in [-0.05, 0) is 53.0 Å². The normalized spacial score (nSPS) is 22.2. The Hall–Kier alpha value is -1.62. The molecule has 1 aliphatic heterocycles. The summed E-state index contributed by atoms with van der Waals surface area (Å²) in [5, 5.41) is 4.60. The van der Waals surface area contributed by atoms with E-state index < -0.39 is 0 Å². The fourth-order valence-electron chi connectivity index (χ4n) is 4.09. The van der Waals surface area contributed by atoms with Gasteiger partial charge in [-0.3, -0.25) is 9.58 Å². The van der Waals surface area contributed by atoms with Gasteiger partial charge in [-0.2, -0.15) is 5.10 Å². The SMILES string of the molecule is CCn1cc(CN2CCCC(n3c(C)cnc3C3CC3)C2)c(C)n1. The van der Waals surface area contributed by atoms with Crippen LogP contribution in [0, 0.1) is 13.8 Å². The van der Waals surface area contributed by atoms with Crippen LogP contribution in [-0.2, 0) is 13.1 Å². The second-order valence-electron chi connectivity index (χ2n) is 7.53. The van der Waals surface area contributed by atoms with Crippen LogP contribution in [0.4, 0.5) is 0 Å². The first-order valence-corrected chi connectivity index (χ1v) is 9.44. The molecule has 5 heteroatoms. The quantitative estimate of drug-likeness (QED) is 0.844. The van der Waals surface area contributed by atoms with Gasteiger partial charge in [-0.25, -0.2) is 4.98 Å². The van der Waals surface area contributed by atoms with Crippen molar-refractivity contribution in [3.63, 3.8) is 0 Å². The lowest BCUT2D eigenvalue weighted by atomic mass is 10.0. The third-order valence-electron chi connectivity index (χ3n) is 5.56. The summed E-state index contributed by atoms with van der Waals surface area (Å²) in [6, 6.07) is 0.582. The molecule has 1 saturated carbocycles. The first-order valence-electron chi connectivity index (χ1n) is 9.44. The molecule has 5 nitrogen and oxygen atoms in total. The average Bonchev–Trinajstić information content (AvgIpc) is 3.27. The Morgan fingerprint density at radius 1 is 1.21 bits per heavy atom. The number of hydrogen-bond acceptors (Lipinski definition) is 3. The van der Waals surface area contributed by atoms with Crippen molar-refractivity contribution in [2.45, 2.75) is 71.5 Å². The third-order valence-corrected chi connectivity index (χ3v) is 5.56. The molecule has 0 bridgehead atoms. The molecule has 4 rings (SSSR count). The van der Waals surface area contributed by atoms with E-state index in [4.69, 9.17) is 4.98 Å². The zero-order chi connectivity index (χ0) is 16.7. The molecule has 1 saturated heterocycles. The van der Waals surface area contributed by atoms with Gasteiger partial charge in [-0.1, -0.05) is 0 Å². The topological polar surface area (TPSA) is 38.9 Å². The maximum absolute atomic E-state index is 4.72. The molecule has 0 amide bonds. The molecule has 1 unspecified atom stereocenters. The van der Waals surface area contributed by atoms with E-state index >= 15 is 0 Å². The highest BCUT2D eigenvalue weighted by Gasteiger charge is 2.32. The zero-order valence-corrected chi connectivity index (χ0v) is 15.2. The van der Waals surface area contributed by atoms with E-state index in [2.05, 4.69) is 52.4 Å². The third kappa shape index (κ3) is 3.02. The number of likely N-dealkylation sites (tertiary alicyclic amines) is 1. The summed E-state index contributed by atoms with van der Waals surface area (Å²) >= 11 is 0. The van der Waals surface area contributed by atoms with Gasteiger partial charge in [0, 0.05) is 55.2 Å². The number of aryl methyl sites for hydroxylation is 3.